The maximum atomic E-state index is 12.5. The Morgan fingerprint density at radius 1 is 1.28 bits per heavy atom. The Labute approximate surface area is 150 Å². The molecule has 2 aromatic rings. The highest BCUT2D eigenvalue weighted by Crippen LogP contribution is 2.29. The molecule has 0 radical (unpaired) electrons. The smallest absolute Gasteiger partial charge is 0.235 e. The Balaban J connectivity index is 1.44. The lowest BCUT2D eigenvalue weighted by molar-refractivity contribution is -0.129. The van der Waals surface area contributed by atoms with E-state index >= 15 is 0 Å². The average molecular weight is 359 g/mol. The second-order valence-electron chi connectivity index (χ2n) is 6.10. The van der Waals surface area contributed by atoms with Crippen LogP contribution in [0.2, 0.25) is 0 Å². The maximum Gasteiger partial charge on any atom is 0.235 e. The number of hydrogen-bond acceptors (Lipinski definition) is 5. The normalized spacial score (nSPS) is 13.5. The number of aryl methyl sites for hydroxylation is 1. The van der Waals surface area contributed by atoms with Gasteiger partial charge in [0, 0.05) is 18.7 Å². The van der Waals surface area contributed by atoms with Crippen molar-refractivity contribution in [2.45, 2.75) is 32.4 Å². The van der Waals surface area contributed by atoms with E-state index in [-0.39, 0.29) is 17.6 Å². The first-order valence-electron chi connectivity index (χ1n) is 8.26. The minimum atomic E-state index is -0.188. The molecule has 132 valence electrons. The first kappa shape index (κ1) is 17.5. The van der Waals surface area contributed by atoms with Gasteiger partial charge < -0.3 is 14.7 Å². The van der Waals surface area contributed by atoms with Crippen LogP contribution >= 0.6 is 11.8 Å². The molecule has 1 saturated carbocycles. The van der Waals surface area contributed by atoms with Crippen LogP contribution in [0.5, 0.6) is 0 Å². The Morgan fingerprint density at radius 3 is 2.68 bits per heavy atom. The van der Waals surface area contributed by atoms with Crippen molar-refractivity contribution in [3.8, 4) is 0 Å². The molecule has 1 aromatic heterocycles. The van der Waals surface area contributed by atoms with Crippen LogP contribution in [0.4, 0.5) is 5.82 Å². The topological polar surface area (TPSA) is 75.4 Å². The number of nitrogens with one attached hydrogen (secondary N) is 1. The molecule has 0 spiro atoms. The van der Waals surface area contributed by atoms with E-state index in [1.165, 1.54) is 11.8 Å². The van der Waals surface area contributed by atoms with Crippen molar-refractivity contribution in [1.82, 2.24) is 10.1 Å². The second-order valence-corrected chi connectivity index (χ2v) is 7.09. The van der Waals surface area contributed by atoms with Gasteiger partial charge in [0.05, 0.1) is 11.5 Å². The lowest BCUT2D eigenvalue weighted by Gasteiger charge is -2.22. The lowest BCUT2D eigenvalue weighted by atomic mass is 10.2. The van der Waals surface area contributed by atoms with Gasteiger partial charge in [-0.05, 0) is 25.3 Å². The Morgan fingerprint density at radius 2 is 2.04 bits per heavy atom. The van der Waals surface area contributed by atoms with E-state index in [1.807, 2.05) is 35.2 Å². The molecule has 6 nitrogen and oxygen atoms in total. The van der Waals surface area contributed by atoms with Crippen molar-refractivity contribution in [3.63, 3.8) is 0 Å². The van der Waals surface area contributed by atoms with Crippen molar-refractivity contribution in [3.05, 3.63) is 47.7 Å². The molecule has 1 fully saturated rings. The van der Waals surface area contributed by atoms with Crippen LogP contribution in [0.1, 0.15) is 24.2 Å². The van der Waals surface area contributed by atoms with Crippen LogP contribution in [-0.4, -0.2) is 39.4 Å². The zero-order valence-corrected chi connectivity index (χ0v) is 14.9. The van der Waals surface area contributed by atoms with Gasteiger partial charge in [0.15, 0.2) is 5.82 Å². The zero-order valence-electron chi connectivity index (χ0n) is 14.1. The maximum absolute atomic E-state index is 12.5. The summed E-state index contributed by atoms with van der Waals surface area (Å²) < 4.78 is 4.90. The molecule has 0 unspecified atom stereocenters. The number of benzene rings is 1. The average Bonchev–Trinajstić information content (AvgIpc) is 3.36. The van der Waals surface area contributed by atoms with Crippen LogP contribution in [0, 0.1) is 6.92 Å². The van der Waals surface area contributed by atoms with E-state index in [1.54, 1.807) is 13.0 Å². The molecule has 1 aromatic carbocycles. The number of carbonyl (C=O) groups excluding carboxylic acids is 2. The molecular weight excluding hydrogens is 338 g/mol. The van der Waals surface area contributed by atoms with Crippen molar-refractivity contribution in [1.29, 1.82) is 0 Å². The van der Waals surface area contributed by atoms with Gasteiger partial charge in [0.2, 0.25) is 11.8 Å². The largest absolute Gasteiger partial charge is 0.360 e. The summed E-state index contributed by atoms with van der Waals surface area (Å²) in [5.74, 6) is 1.45. The number of aromatic nitrogens is 1. The quantitative estimate of drug-likeness (QED) is 0.784. The lowest BCUT2D eigenvalue weighted by Crippen LogP contribution is -2.34. The second kappa shape index (κ2) is 8.20. The van der Waals surface area contributed by atoms with Crippen molar-refractivity contribution >= 4 is 29.4 Å². The summed E-state index contributed by atoms with van der Waals surface area (Å²) in [4.78, 5) is 26.3. The monoisotopic (exact) mass is 359 g/mol. The van der Waals surface area contributed by atoms with Crippen LogP contribution in [0.3, 0.4) is 0 Å². The summed E-state index contributed by atoms with van der Waals surface area (Å²) in [6, 6.07) is 12.0. The Hall–Kier alpha value is -2.28. The number of rotatable bonds is 8. The molecule has 0 aliphatic heterocycles. The zero-order chi connectivity index (χ0) is 17.6. The van der Waals surface area contributed by atoms with Crippen LogP contribution in [-0.2, 0) is 16.1 Å². The molecule has 1 aliphatic rings. The fourth-order valence-electron chi connectivity index (χ4n) is 2.51. The predicted molar refractivity (Wildman–Crippen MR) is 97.2 cm³/mol. The summed E-state index contributed by atoms with van der Waals surface area (Å²) >= 11 is 1.32. The van der Waals surface area contributed by atoms with E-state index in [0.717, 1.165) is 18.4 Å². The van der Waals surface area contributed by atoms with E-state index in [0.29, 0.717) is 29.9 Å². The summed E-state index contributed by atoms with van der Waals surface area (Å²) in [6.07, 6.45) is 2.13. The molecule has 0 atom stereocenters. The van der Waals surface area contributed by atoms with Gasteiger partial charge >= 0.3 is 0 Å². The molecule has 3 rings (SSSR count). The van der Waals surface area contributed by atoms with E-state index in [9.17, 15) is 9.59 Å². The summed E-state index contributed by atoms with van der Waals surface area (Å²) in [5, 5.41) is 6.37. The minimum Gasteiger partial charge on any atom is -0.360 e. The first-order chi connectivity index (χ1) is 12.1. The first-order valence-corrected chi connectivity index (χ1v) is 9.41. The Bertz CT molecular complexity index is 728. The van der Waals surface area contributed by atoms with Crippen LogP contribution in [0.25, 0.3) is 0 Å². The minimum absolute atomic E-state index is 0.0847. The third-order valence-electron chi connectivity index (χ3n) is 3.86. The summed E-state index contributed by atoms with van der Waals surface area (Å²) in [6.45, 7) is 2.39. The molecule has 2 amide bonds. The standard InChI is InChI=1S/C18H21N3O3S/c1-13-9-16(20-24-13)19-17(22)11-25-12-18(23)21(15-7-8-15)10-14-5-3-2-4-6-14/h2-6,9,15H,7-8,10-12H2,1H3,(H,19,20,22). The molecule has 1 heterocycles. The summed E-state index contributed by atoms with van der Waals surface area (Å²) in [7, 11) is 0. The number of carbonyl (C=O) groups is 2. The van der Waals surface area contributed by atoms with Gasteiger partial charge in [-0.3, -0.25) is 9.59 Å². The highest BCUT2D eigenvalue weighted by atomic mass is 32.2. The van der Waals surface area contributed by atoms with E-state index < -0.39 is 0 Å². The third kappa shape index (κ3) is 5.35. The highest BCUT2D eigenvalue weighted by Gasteiger charge is 2.32. The number of thioether (sulfide) groups is 1. The van der Waals surface area contributed by atoms with Gasteiger partial charge in [0.1, 0.15) is 5.76 Å². The molecule has 25 heavy (non-hydrogen) atoms. The number of nitrogens with zero attached hydrogens (tertiary/aromatic N) is 2. The van der Waals surface area contributed by atoms with Crippen molar-refractivity contribution in [2.75, 3.05) is 16.8 Å². The molecular formula is C18H21N3O3S. The van der Waals surface area contributed by atoms with Gasteiger partial charge in [-0.2, -0.15) is 0 Å². The number of anilines is 1. The fourth-order valence-corrected chi connectivity index (χ4v) is 3.21. The molecule has 1 aliphatic carbocycles. The van der Waals surface area contributed by atoms with Gasteiger partial charge in [-0.25, -0.2) is 0 Å². The van der Waals surface area contributed by atoms with Crippen molar-refractivity contribution in [2.24, 2.45) is 0 Å². The molecule has 7 heteroatoms. The van der Waals surface area contributed by atoms with Gasteiger partial charge in [0.25, 0.3) is 0 Å². The van der Waals surface area contributed by atoms with Crippen LogP contribution < -0.4 is 5.32 Å². The molecule has 1 N–H and O–H groups in total. The predicted octanol–water partition coefficient (Wildman–Crippen LogP) is 2.85. The van der Waals surface area contributed by atoms with Gasteiger partial charge in [-0.1, -0.05) is 35.5 Å². The summed E-state index contributed by atoms with van der Waals surface area (Å²) in [5.41, 5.74) is 1.13. The van der Waals surface area contributed by atoms with Gasteiger partial charge in [-0.15, -0.1) is 11.8 Å². The van der Waals surface area contributed by atoms with E-state index in [4.69, 9.17) is 4.52 Å². The van der Waals surface area contributed by atoms with Crippen LogP contribution in [0.15, 0.2) is 40.9 Å². The number of amides is 2. The highest BCUT2D eigenvalue weighted by molar-refractivity contribution is 8.00. The molecule has 0 bridgehead atoms. The molecule has 0 saturated heterocycles. The number of hydrogen-bond donors (Lipinski definition) is 1. The SMILES string of the molecule is Cc1cc(NC(=O)CSCC(=O)N(Cc2ccccc2)C2CC2)no1. The fraction of sp³-hybridized carbons (Fsp3) is 0.389. The van der Waals surface area contributed by atoms with Crippen molar-refractivity contribution < 1.29 is 14.1 Å². The van der Waals surface area contributed by atoms with E-state index in [2.05, 4.69) is 10.5 Å². The third-order valence-corrected chi connectivity index (χ3v) is 4.78. The Kier molecular flexibility index (Phi) is 5.75.